The molecule has 1 aromatic carbocycles. The van der Waals surface area contributed by atoms with Gasteiger partial charge in [-0.05, 0) is 31.0 Å². The molecule has 6 heteroatoms. The largest absolute Gasteiger partial charge is 0.380 e. The van der Waals surface area contributed by atoms with Gasteiger partial charge in [-0.15, -0.1) is 0 Å². The Balaban J connectivity index is 1.91. The van der Waals surface area contributed by atoms with Gasteiger partial charge in [0.05, 0.1) is 5.69 Å². The van der Waals surface area contributed by atoms with Gasteiger partial charge in [0.2, 0.25) is 0 Å². The lowest BCUT2D eigenvalue weighted by Gasteiger charge is -2.34. The van der Waals surface area contributed by atoms with E-state index in [0.29, 0.717) is 23.8 Å². The Kier molecular flexibility index (Phi) is 4.70. The van der Waals surface area contributed by atoms with Crippen molar-refractivity contribution in [2.45, 2.75) is 18.9 Å². The number of piperidine rings is 1. The van der Waals surface area contributed by atoms with E-state index >= 15 is 0 Å². The molecule has 1 aromatic rings. The van der Waals surface area contributed by atoms with Crippen LogP contribution in [0.25, 0.3) is 0 Å². The number of nitrogens with zero attached hydrogens (tertiary/aromatic N) is 2. The zero-order valence-electron chi connectivity index (χ0n) is 11.7. The first-order valence-corrected chi connectivity index (χ1v) is 7.03. The molecule has 20 heavy (non-hydrogen) atoms. The van der Waals surface area contributed by atoms with Crippen LogP contribution in [0.5, 0.6) is 0 Å². The molecule has 1 aliphatic rings. The molecular weight excluding hydrogens is 281 g/mol. The van der Waals surface area contributed by atoms with Crippen LogP contribution >= 0.6 is 11.6 Å². The Bertz CT molecular complexity index is 487. The molecule has 1 heterocycles. The highest BCUT2D eigenvalue weighted by Crippen LogP contribution is 2.23. The maximum atomic E-state index is 13.6. The molecule has 0 aliphatic carbocycles. The van der Waals surface area contributed by atoms with Gasteiger partial charge >= 0.3 is 6.03 Å². The average molecular weight is 300 g/mol. The monoisotopic (exact) mass is 299 g/mol. The van der Waals surface area contributed by atoms with E-state index in [0.717, 1.165) is 12.8 Å². The number of amides is 2. The van der Waals surface area contributed by atoms with Gasteiger partial charge in [-0.25, -0.2) is 9.18 Å². The van der Waals surface area contributed by atoms with Crippen LogP contribution in [0.4, 0.5) is 14.9 Å². The van der Waals surface area contributed by atoms with Gasteiger partial charge in [0.15, 0.2) is 0 Å². The summed E-state index contributed by atoms with van der Waals surface area (Å²) in [7, 11) is 3.49. The number of halogens is 2. The minimum atomic E-state index is -0.304. The van der Waals surface area contributed by atoms with Crippen molar-refractivity contribution < 1.29 is 9.18 Å². The van der Waals surface area contributed by atoms with E-state index in [-0.39, 0.29) is 17.9 Å². The van der Waals surface area contributed by atoms with Gasteiger partial charge < -0.3 is 15.1 Å². The molecule has 0 bridgehead atoms. The Hall–Kier alpha value is -1.49. The summed E-state index contributed by atoms with van der Waals surface area (Å²) in [5.41, 5.74) is 0.426. The molecule has 1 aliphatic heterocycles. The second kappa shape index (κ2) is 6.31. The summed E-state index contributed by atoms with van der Waals surface area (Å²) in [4.78, 5) is 15.2. The van der Waals surface area contributed by atoms with Crippen molar-refractivity contribution in [3.63, 3.8) is 0 Å². The van der Waals surface area contributed by atoms with Crippen LogP contribution in [0, 0.1) is 5.82 Å². The summed E-state index contributed by atoms with van der Waals surface area (Å²) >= 11 is 5.87. The number of nitrogens with one attached hydrogen (secondary N) is 1. The second-order valence-corrected chi connectivity index (χ2v) is 5.64. The highest BCUT2D eigenvalue weighted by atomic mass is 35.5. The molecule has 0 aromatic heterocycles. The summed E-state index contributed by atoms with van der Waals surface area (Å²) in [5.74, 6) is -0.304. The molecule has 110 valence electrons. The first kappa shape index (κ1) is 14.9. The minimum absolute atomic E-state index is 0.0254. The van der Waals surface area contributed by atoms with Gasteiger partial charge in [0, 0.05) is 38.2 Å². The quantitative estimate of drug-likeness (QED) is 0.911. The van der Waals surface area contributed by atoms with Crippen LogP contribution in [-0.2, 0) is 0 Å². The fourth-order valence-corrected chi connectivity index (χ4v) is 2.50. The standard InChI is InChI=1S/C14H19ClFN3O/c1-18(2)14(20)19-7-5-11(6-8-19)17-13-9-10(15)3-4-12(13)16/h3-4,9,11,17H,5-8H2,1-2H3. The Morgan fingerprint density at radius 2 is 2.05 bits per heavy atom. The van der Waals surface area contributed by atoms with E-state index < -0.39 is 0 Å². The second-order valence-electron chi connectivity index (χ2n) is 5.21. The zero-order valence-corrected chi connectivity index (χ0v) is 12.5. The minimum Gasteiger partial charge on any atom is -0.380 e. The molecule has 1 saturated heterocycles. The van der Waals surface area contributed by atoms with Crippen molar-refractivity contribution in [1.29, 1.82) is 0 Å². The number of carbonyl (C=O) groups excluding carboxylic acids is 1. The van der Waals surface area contributed by atoms with Crippen LogP contribution in [0.15, 0.2) is 18.2 Å². The maximum absolute atomic E-state index is 13.6. The molecule has 0 saturated carbocycles. The number of hydrogen-bond acceptors (Lipinski definition) is 2. The van der Waals surface area contributed by atoms with Gasteiger partial charge in [-0.1, -0.05) is 11.6 Å². The van der Waals surface area contributed by atoms with Crippen LogP contribution in [-0.4, -0.2) is 49.1 Å². The summed E-state index contributed by atoms with van der Waals surface area (Å²) in [6, 6.07) is 4.66. The molecule has 1 N–H and O–H groups in total. The number of likely N-dealkylation sites (tertiary alicyclic amines) is 1. The lowest BCUT2D eigenvalue weighted by molar-refractivity contribution is 0.158. The van der Waals surface area contributed by atoms with Crippen molar-refractivity contribution in [2.75, 3.05) is 32.5 Å². The van der Waals surface area contributed by atoms with Crippen LogP contribution in [0.1, 0.15) is 12.8 Å². The van der Waals surface area contributed by atoms with E-state index in [2.05, 4.69) is 5.32 Å². The fraction of sp³-hybridized carbons (Fsp3) is 0.500. The molecule has 0 atom stereocenters. The molecule has 0 radical (unpaired) electrons. The summed E-state index contributed by atoms with van der Waals surface area (Å²) in [6.07, 6.45) is 1.59. The third-order valence-corrected chi connectivity index (χ3v) is 3.67. The Morgan fingerprint density at radius 3 is 2.65 bits per heavy atom. The fourth-order valence-electron chi connectivity index (χ4n) is 2.33. The lowest BCUT2D eigenvalue weighted by Crippen LogP contribution is -2.46. The van der Waals surface area contributed by atoms with Gasteiger partial charge in [0.25, 0.3) is 0 Å². The van der Waals surface area contributed by atoms with E-state index in [1.54, 1.807) is 25.1 Å². The van der Waals surface area contributed by atoms with E-state index in [1.807, 2.05) is 4.90 Å². The van der Waals surface area contributed by atoms with Crippen molar-refractivity contribution in [3.05, 3.63) is 29.0 Å². The predicted molar refractivity (Wildman–Crippen MR) is 78.7 cm³/mol. The van der Waals surface area contributed by atoms with Gasteiger partial charge in [-0.3, -0.25) is 0 Å². The highest BCUT2D eigenvalue weighted by molar-refractivity contribution is 6.30. The summed E-state index contributed by atoms with van der Waals surface area (Å²) in [5, 5.41) is 3.68. The van der Waals surface area contributed by atoms with Crippen molar-refractivity contribution in [3.8, 4) is 0 Å². The number of urea groups is 1. The number of carbonyl (C=O) groups is 1. The normalized spacial score (nSPS) is 16.1. The lowest BCUT2D eigenvalue weighted by atomic mass is 10.0. The summed E-state index contributed by atoms with van der Waals surface area (Å²) < 4.78 is 13.6. The highest BCUT2D eigenvalue weighted by Gasteiger charge is 2.24. The van der Waals surface area contributed by atoms with Crippen LogP contribution in [0.2, 0.25) is 5.02 Å². The van der Waals surface area contributed by atoms with Gasteiger partial charge in [0.1, 0.15) is 5.82 Å². The molecule has 2 rings (SSSR count). The SMILES string of the molecule is CN(C)C(=O)N1CCC(Nc2cc(Cl)ccc2F)CC1. The molecule has 2 amide bonds. The maximum Gasteiger partial charge on any atom is 0.319 e. The van der Waals surface area contributed by atoms with E-state index in [1.165, 1.54) is 12.1 Å². The van der Waals surface area contributed by atoms with Crippen molar-refractivity contribution in [1.82, 2.24) is 9.80 Å². The number of anilines is 1. The topological polar surface area (TPSA) is 35.6 Å². The average Bonchev–Trinajstić information content (AvgIpc) is 2.43. The molecular formula is C14H19ClFN3O. The summed E-state index contributed by atoms with van der Waals surface area (Å²) in [6.45, 7) is 1.35. The van der Waals surface area contributed by atoms with E-state index in [9.17, 15) is 9.18 Å². The zero-order chi connectivity index (χ0) is 14.7. The van der Waals surface area contributed by atoms with Crippen molar-refractivity contribution >= 4 is 23.3 Å². The van der Waals surface area contributed by atoms with Crippen LogP contribution < -0.4 is 5.32 Å². The number of hydrogen-bond donors (Lipinski definition) is 1. The first-order chi connectivity index (χ1) is 9.47. The first-order valence-electron chi connectivity index (χ1n) is 6.65. The molecule has 1 fully saturated rings. The number of rotatable bonds is 2. The Labute approximate surface area is 123 Å². The molecule has 0 unspecified atom stereocenters. The smallest absolute Gasteiger partial charge is 0.319 e. The van der Waals surface area contributed by atoms with Crippen molar-refractivity contribution in [2.24, 2.45) is 0 Å². The third-order valence-electron chi connectivity index (χ3n) is 3.44. The van der Waals surface area contributed by atoms with Gasteiger partial charge in [-0.2, -0.15) is 0 Å². The number of benzene rings is 1. The third kappa shape index (κ3) is 3.54. The molecule has 4 nitrogen and oxygen atoms in total. The predicted octanol–water partition coefficient (Wildman–Crippen LogP) is 3.04. The molecule has 0 spiro atoms. The Morgan fingerprint density at radius 1 is 1.40 bits per heavy atom. The van der Waals surface area contributed by atoms with Crippen LogP contribution in [0.3, 0.4) is 0 Å². The van der Waals surface area contributed by atoms with E-state index in [4.69, 9.17) is 11.6 Å².